The molecule has 1 saturated heterocycles. The zero-order chi connectivity index (χ0) is 16.7. The van der Waals surface area contributed by atoms with Gasteiger partial charge in [0.25, 0.3) is 5.91 Å². The fourth-order valence-corrected chi connectivity index (χ4v) is 2.88. The van der Waals surface area contributed by atoms with E-state index in [-0.39, 0.29) is 11.8 Å². The molecule has 0 radical (unpaired) electrons. The average Bonchev–Trinajstić information content (AvgIpc) is 3.05. The van der Waals surface area contributed by atoms with Crippen LogP contribution in [-0.4, -0.2) is 48.9 Å². The van der Waals surface area contributed by atoms with Gasteiger partial charge >= 0.3 is 0 Å². The van der Waals surface area contributed by atoms with Crippen LogP contribution >= 0.6 is 15.9 Å². The summed E-state index contributed by atoms with van der Waals surface area (Å²) in [6.45, 7) is 5.72. The van der Waals surface area contributed by atoms with E-state index in [1.54, 1.807) is 31.2 Å². The molecule has 1 fully saturated rings. The first kappa shape index (κ1) is 17.9. The zero-order valence-electron chi connectivity index (χ0n) is 13.5. The Kier molecular flexibility index (Phi) is 7.05. The second-order valence-electron chi connectivity index (χ2n) is 5.90. The van der Waals surface area contributed by atoms with E-state index in [1.165, 1.54) is 25.9 Å². The van der Waals surface area contributed by atoms with Crippen molar-refractivity contribution in [2.75, 3.05) is 26.2 Å². The molecule has 0 aliphatic carbocycles. The topological polar surface area (TPSA) is 61.4 Å². The lowest BCUT2D eigenvalue weighted by Gasteiger charge is -2.16. The molecule has 1 aliphatic rings. The largest absolute Gasteiger partial charge is 0.354 e. The molecule has 0 bridgehead atoms. The summed E-state index contributed by atoms with van der Waals surface area (Å²) in [4.78, 5) is 26.5. The van der Waals surface area contributed by atoms with E-state index < -0.39 is 6.04 Å². The van der Waals surface area contributed by atoms with Gasteiger partial charge in [0.1, 0.15) is 6.04 Å². The zero-order valence-corrected chi connectivity index (χ0v) is 15.1. The van der Waals surface area contributed by atoms with Crippen LogP contribution in [0.1, 0.15) is 36.5 Å². The Labute approximate surface area is 145 Å². The van der Waals surface area contributed by atoms with Crippen molar-refractivity contribution in [3.8, 4) is 0 Å². The standard InChI is InChI=1S/C17H24BrN3O2/c1-13(20-17(23)14-5-7-15(18)8-6-14)16(22)19-9-4-12-21-10-2-3-11-21/h5-8,13H,2-4,9-12H2,1H3,(H,19,22)(H,20,23)/t13-/m0/s1. The van der Waals surface area contributed by atoms with Crippen LogP contribution in [-0.2, 0) is 4.79 Å². The van der Waals surface area contributed by atoms with Crippen molar-refractivity contribution in [2.24, 2.45) is 0 Å². The van der Waals surface area contributed by atoms with Gasteiger partial charge in [-0.3, -0.25) is 9.59 Å². The Bertz CT molecular complexity index is 527. The molecule has 0 spiro atoms. The minimum absolute atomic E-state index is 0.142. The van der Waals surface area contributed by atoms with Gasteiger partial charge in [0.15, 0.2) is 0 Å². The third-order valence-electron chi connectivity index (χ3n) is 4.00. The van der Waals surface area contributed by atoms with E-state index >= 15 is 0 Å². The Morgan fingerprint density at radius 1 is 1.22 bits per heavy atom. The fraction of sp³-hybridized carbons (Fsp3) is 0.529. The second kappa shape index (κ2) is 9.03. The van der Waals surface area contributed by atoms with E-state index in [9.17, 15) is 9.59 Å². The predicted molar refractivity (Wildman–Crippen MR) is 94.4 cm³/mol. The number of halogens is 1. The van der Waals surface area contributed by atoms with Gasteiger partial charge < -0.3 is 15.5 Å². The van der Waals surface area contributed by atoms with Crippen molar-refractivity contribution in [2.45, 2.75) is 32.2 Å². The number of benzene rings is 1. The van der Waals surface area contributed by atoms with Gasteiger partial charge in [-0.15, -0.1) is 0 Å². The molecule has 2 amide bonds. The minimum Gasteiger partial charge on any atom is -0.354 e. The molecule has 1 aromatic rings. The number of nitrogens with one attached hydrogen (secondary N) is 2. The van der Waals surface area contributed by atoms with Crippen molar-refractivity contribution >= 4 is 27.7 Å². The van der Waals surface area contributed by atoms with Crippen molar-refractivity contribution < 1.29 is 9.59 Å². The molecular formula is C17H24BrN3O2. The highest BCUT2D eigenvalue weighted by Gasteiger charge is 2.16. The summed E-state index contributed by atoms with van der Waals surface area (Å²) in [6, 6.07) is 6.51. The Morgan fingerprint density at radius 3 is 2.52 bits per heavy atom. The first-order valence-electron chi connectivity index (χ1n) is 8.13. The number of hydrogen-bond acceptors (Lipinski definition) is 3. The van der Waals surface area contributed by atoms with Gasteiger partial charge in [-0.05, 0) is 70.1 Å². The van der Waals surface area contributed by atoms with Crippen molar-refractivity contribution in [3.05, 3.63) is 34.3 Å². The molecule has 1 heterocycles. The van der Waals surface area contributed by atoms with Crippen LogP contribution in [0.25, 0.3) is 0 Å². The van der Waals surface area contributed by atoms with Crippen LogP contribution in [0.15, 0.2) is 28.7 Å². The summed E-state index contributed by atoms with van der Waals surface area (Å²) in [7, 11) is 0. The number of likely N-dealkylation sites (tertiary alicyclic amines) is 1. The van der Waals surface area contributed by atoms with Crippen LogP contribution < -0.4 is 10.6 Å². The number of hydrogen-bond donors (Lipinski definition) is 2. The molecule has 6 heteroatoms. The molecule has 1 atom stereocenters. The summed E-state index contributed by atoms with van der Waals surface area (Å²) < 4.78 is 0.915. The van der Waals surface area contributed by atoms with Crippen molar-refractivity contribution in [1.29, 1.82) is 0 Å². The summed E-state index contributed by atoms with van der Waals surface area (Å²) in [5, 5.41) is 5.61. The highest BCUT2D eigenvalue weighted by Crippen LogP contribution is 2.10. The molecule has 126 valence electrons. The molecule has 23 heavy (non-hydrogen) atoms. The average molecular weight is 382 g/mol. The predicted octanol–water partition coefficient (Wildman–Crippen LogP) is 2.17. The molecule has 2 N–H and O–H groups in total. The van der Waals surface area contributed by atoms with Crippen molar-refractivity contribution in [3.63, 3.8) is 0 Å². The van der Waals surface area contributed by atoms with E-state index in [2.05, 4.69) is 31.5 Å². The Balaban J connectivity index is 1.67. The van der Waals surface area contributed by atoms with Crippen LogP contribution in [0.4, 0.5) is 0 Å². The van der Waals surface area contributed by atoms with Gasteiger partial charge in [0.2, 0.25) is 5.91 Å². The van der Waals surface area contributed by atoms with Gasteiger partial charge in [-0.2, -0.15) is 0 Å². The highest BCUT2D eigenvalue weighted by molar-refractivity contribution is 9.10. The normalized spacial score (nSPS) is 16.1. The number of carbonyl (C=O) groups is 2. The molecule has 1 aromatic carbocycles. The summed E-state index contributed by atoms with van der Waals surface area (Å²) in [5.41, 5.74) is 0.543. The fourth-order valence-electron chi connectivity index (χ4n) is 2.62. The third-order valence-corrected chi connectivity index (χ3v) is 4.52. The molecule has 0 unspecified atom stereocenters. The molecule has 0 aromatic heterocycles. The molecular weight excluding hydrogens is 358 g/mol. The summed E-state index contributed by atoms with van der Waals surface area (Å²) in [5.74, 6) is -0.380. The lowest BCUT2D eigenvalue weighted by molar-refractivity contribution is -0.122. The first-order valence-corrected chi connectivity index (χ1v) is 8.92. The molecule has 0 saturated carbocycles. The van der Waals surface area contributed by atoms with Crippen LogP contribution in [0.3, 0.4) is 0 Å². The van der Waals surface area contributed by atoms with Crippen LogP contribution in [0.2, 0.25) is 0 Å². The lowest BCUT2D eigenvalue weighted by Crippen LogP contribution is -2.45. The number of nitrogens with zero attached hydrogens (tertiary/aromatic N) is 1. The monoisotopic (exact) mass is 381 g/mol. The highest BCUT2D eigenvalue weighted by atomic mass is 79.9. The van der Waals surface area contributed by atoms with Gasteiger partial charge in [0, 0.05) is 16.6 Å². The van der Waals surface area contributed by atoms with E-state index in [0.717, 1.165) is 17.4 Å². The minimum atomic E-state index is -0.544. The third kappa shape index (κ3) is 5.95. The van der Waals surface area contributed by atoms with Crippen molar-refractivity contribution in [1.82, 2.24) is 15.5 Å². The first-order chi connectivity index (χ1) is 11.1. The summed E-state index contributed by atoms with van der Waals surface area (Å²) >= 11 is 3.33. The second-order valence-corrected chi connectivity index (χ2v) is 6.81. The Hall–Kier alpha value is -1.40. The van der Waals surface area contributed by atoms with Gasteiger partial charge in [-0.1, -0.05) is 15.9 Å². The van der Waals surface area contributed by atoms with E-state index in [0.29, 0.717) is 12.1 Å². The quantitative estimate of drug-likeness (QED) is 0.711. The maximum absolute atomic E-state index is 12.1. The maximum Gasteiger partial charge on any atom is 0.251 e. The van der Waals surface area contributed by atoms with E-state index in [4.69, 9.17) is 0 Å². The number of rotatable bonds is 7. The Morgan fingerprint density at radius 2 is 1.87 bits per heavy atom. The molecule has 2 rings (SSSR count). The van der Waals surface area contributed by atoms with Crippen LogP contribution in [0.5, 0.6) is 0 Å². The lowest BCUT2D eigenvalue weighted by atomic mass is 10.2. The number of amides is 2. The molecule has 1 aliphatic heterocycles. The van der Waals surface area contributed by atoms with E-state index in [1.807, 2.05) is 0 Å². The van der Waals surface area contributed by atoms with Crippen LogP contribution in [0, 0.1) is 0 Å². The maximum atomic E-state index is 12.1. The molecule has 5 nitrogen and oxygen atoms in total. The smallest absolute Gasteiger partial charge is 0.251 e. The SMILES string of the molecule is C[C@H](NC(=O)c1ccc(Br)cc1)C(=O)NCCCN1CCCC1. The van der Waals surface area contributed by atoms with Gasteiger partial charge in [0.05, 0.1) is 0 Å². The van der Waals surface area contributed by atoms with Gasteiger partial charge in [-0.25, -0.2) is 0 Å². The number of carbonyl (C=O) groups excluding carboxylic acids is 2. The summed E-state index contributed by atoms with van der Waals surface area (Å²) in [6.07, 6.45) is 3.51.